The topological polar surface area (TPSA) is 90.0 Å². The van der Waals surface area contributed by atoms with Crippen LogP contribution in [0.4, 0.5) is 0 Å². The summed E-state index contributed by atoms with van der Waals surface area (Å²) in [4.78, 5) is 4.54. The minimum atomic E-state index is -3.40. The summed E-state index contributed by atoms with van der Waals surface area (Å²) < 4.78 is 28.8. The van der Waals surface area contributed by atoms with E-state index in [2.05, 4.69) is 9.71 Å². The van der Waals surface area contributed by atoms with Crippen molar-refractivity contribution in [2.75, 3.05) is 6.54 Å². The maximum atomic E-state index is 12.1. The summed E-state index contributed by atoms with van der Waals surface area (Å²) in [5, 5.41) is 0. The maximum Gasteiger partial charge on any atom is 0.240 e. The SMILES string of the molecule is NCCc1nccn1-c1ccc(S(=O)(=O)NC2CC2)cc1. The van der Waals surface area contributed by atoms with E-state index in [9.17, 15) is 8.42 Å². The van der Waals surface area contributed by atoms with Gasteiger partial charge in [0.2, 0.25) is 10.0 Å². The van der Waals surface area contributed by atoms with Crippen LogP contribution in [0.1, 0.15) is 18.7 Å². The third kappa shape index (κ3) is 3.15. The quantitative estimate of drug-likeness (QED) is 0.826. The predicted molar refractivity (Wildman–Crippen MR) is 79.7 cm³/mol. The summed E-state index contributed by atoms with van der Waals surface area (Å²) in [5.41, 5.74) is 6.44. The standard InChI is InChI=1S/C14H18N4O2S/c15-8-7-14-16-9-10-18(14)12-3-5-13(6-4-12)21(19,20)17-11-1-2-11/h3-6,9-11,17H,1-2,7-8,15H2. The monoisotopic (exact) mass is 306 g/mol. The Morgan fingerprint density at radius 1 is 1.29 bits per heavy atom. The Morgan fingerprint density at radius 3 is 2.62 bits per heavy atom. The highest BCUT2D eigenvalue weighted by Crippen LogP contribution is 2.22. The number of benzene rings is 1. The Labute approximate surface area is 124 Å². The van der Waals surface area contributed by atoms with E-state index in [0.29, 0.717) is 17.9 Å². The van der Waals surface area contributed by atoms with Gasteiger partial charge in [0.15, 0.2) is 0 Å². The summed E-state index contributed by atoms with van der Waals surface area (Å²) in [7, 11) is -3.40. The molecule has 6 nitrogen and oxygen atoms in total. The van der Waals surface area contributed by atoms with Gasteiger partial charge in [0, 0.05) is 30.5 Å². The zero-order valence-corrected chi connectivity index (χ0v) is 12.4. The molecule has 0 bridgehead atoms. The van der Waals surface area contributed by atoms with Gasteiger partial charge in [-0.2, -0.15) is 0 Å². The van der Waals surface area contributed by atoms with E-state index in [-0.39, 0.29) is 6.04 Å². The zero-order chi connectivity index (χ0) is 14.9. The molecule has 0 saturated heterocycles. The molecule has 3 rings (SSSR count). The van der Waals surface area contributed by atoms with E-state index < -0.39 is 10.0 Å². The van der Waals surface area contributed by atoms with E-state index in [1.165, 1.54) is 0 Å². The van der Waals surface area contributed by atoms with Gasteiger partial charge >= 0.3 is 0 Å². The van der Waals surface area contributed by atoms with Crippen molar-refractivity contribution in [2.24, 2.45) is 5.73 Å². The average Bonchev–Trinajstić information content (AvgIpc) is 3.14. The van der Waals surface area contributed by atoms with Gasteiger partial charge in [-0.3, -0.25) is 0 Å². The summed E-state index contributed by atoms with van der Waals surface area (Å²) in [6, 6.07) is 6.91. The number of rotatable bonds is 6. The number of nitrogens with zero attached hydrogens (tertiary/aromatic N) is 2. The first kappa shape index (κ1) is 14.2. The fourth-order valence-electron chi connectivity index (χ4n) is 2.16. The lowest BCUT2D eigenvalue weighted by molar-refractivity contribution is 0.581. The van der Waals surface area contributed by atoms with Crippen LogP contribution in [0.15, 0.2) is 41.6 Å². The predicted octanol–water partition coefficient (Wildman–Crippen LogP) is 0.814. The van der Waals surface area contributed by atoms with Gasteiger partial charge in [-0.05, 0) is 43.7 Å². The maximum absolute atomic E-state index is 12.1. The summed E-state index contributed by atoms with van der Waals surface area (Å²) in [6.45, 7) is 0.523. The molecule has 0 atom stereocenters. The minimum Gasteiger partial charge on any atom is -0.330 e. The van der Waals surface area contributed by atoms with Crippen molar-refractivity contribution in [3.05, 3.63) is 42.5 Å². The molecule has 3 N–H and O–H groups in total. The van der Waals surface area contributed by atoms with Gasteiger partial charge in [-0.1, -0.05) is 0 Å². The molecule has 1 aromatic carbocycles. The second kappa shape index (κ2) is 5.59. The molecule has 1 aliphatic rings. The van der Waals surface area contributed by atoms with Crippen LogP contribution < -0.4 is 10.5 Å². The van der Waals surface area contributed by atoms with E-state index in [4.69, 9.17) is 5.73 Å². The van der Waals surface area contributed by atoms with Crippen molar-refractivity contribution in [3.8, 4) is 5.69 Å². The van der Waals surface area contributed by atoms with Gasteiger partial charge in [0.25, 0.3) is 0 Å². The van der Waals surface area contributed by atoms with Crippen LogP contribution in [0, 0.1) is 0 Å². The smallest absolute Gasteiger partial charge is 0.240 e. The van der Waals surface area contributed by atoms with Crippen LogP contribution in [0.25, 0.3) is 5.69 Å². The third-order valence-corrected chi connectivity index (χ3v) is 4.95. The molecule has 1 aliphatic carbocycles. The molecule has 0 unspecified atom stereocenters. The molecule has 0 aliphatic heterocycles. The van der Waals surface area contributed by atoms with Gasteiger partial charge in [-0.25, -0.2) is 18.1 Å². The lowest BCUT2D eigenvalue weighted by Crippen LogP contribution is -2.25. The minimum absolute atomic E-state index is 0.111. The van der Waals surface area contributed by atoms with Crippen LogP contribution in [-0.2, 0) is 16.4 Å². The van der Waals surface area contributed by atoms with Crippen LogP contribution in [0.3, 0.4) is 0 Å². The molecule has 1 fully saturated rings. The van der Waals surface area contributed by atoms with Gasteiger partial charge in [0.05, 0.1) is 4.90 Å². The van der Waals surface area contributed by atoms with Crippen LogP contribution in [0.5, 0.6) is 0 Å². The number of hydrogen-bond donors (Lipinski definition) is 2. The highest BCUT2D eigenvalue weighted by molar-refractivity contribution is 7.89. The molecule has 1 saturated carbocycles. The number of sulfonamides is 1. The normalized spacial score (nSPS) is 15.3. The fraction of sp³-hybridized carbons (Fsp3) is 0.357. The molecule has 0 spiro atoms. The third-order valence-electron chi connectivity index (χ3n) is 3.41. The molecule has 2 aromatic rings. The van der Waals surface area contributed by atoms with Crippen molar-refractivity contribution in [3.63, 3.8) is 0 Å². The van der Waals surface area contributed by atoms with E-state index in [1.807, 2.05) is 10.8 Å². The number of nitrogens with one attached hydrogen (secondary N) is 1. The molecule has 21 heavy (non-hydrogen) atoms. The molecule has 1 aromatic heterocycles. The van der Waals surface area contributed by atoms with Crippen molar-refractivity contribution in [1.82, 2.24) is 14.3 Å². The first-order valence-electron chi connectivity index (χ1n) is 6.95. The Bertz CT molecular complexity index is 718. The molecule has 7 heteroatoms. The van der Waals surface area contributed by atoms with Crippen molar-refractivity contribution in [2.45, 2.75) is 30.2 Å². The van der Waals surface area contributed by atoms with Gasteiger partial charge in [0.1, 0.15) is 5.82 Å². The highest BCUT2D eigenvalue weighted by atomic mass is 32.2. The Morgan fingerprint density at radius 2 is 2.00 bits per heavy atom. The number of nitrogens with two attached hydrogens (primary N) is 1. The largest absolute Gasteiger partial charge is 0.330 e. The van der Waals surface area contributed by atoms with Crippen LogP contribution in [-0.4, -0.2) is 30.6 Å². The summed E-state index contributed by atoms with van der Waals surface area (Å²) in [5.74, 6) is 0.865. The number of imidazole rings is 1. The van der Waals surface area contributed by atoms with E-state index in [0.717, 1.165) is 24.4 Å². The zero-order valence-electron chi connectivity index (χ0n) is 11.6. The lowest BCUT2D eigenvalue weighted by Gasteiger charge is -2.09. The molecular weight excluding hydrogens is 288 g/mol. The highest BCUT2D eigenvalue weighted by Gasteiger charge is 2.27. The average molecular weight is 306 g/mol. The lowest BCUT2D eigenvalue weighted by atomic mass is 10.3. The molecule has 112 valence electrons. The Balaban J connectivity index is 1.85. The molecule has 1 heterocycles. The fourth-order valence-corrected chi connectivity index (χ4v) is 3.46. The van der Waals surface area contributed by atoms with Gasteiger partial charge < -0.3 is 10.3 Å². The molecule has 0 radical (unpaired) electrons. The van der Waals surface area contributed by atoms with Crippen molar-refractivity contribution < 1.29 is 8.42 Å². The second-order valence-corrected chi connectivity index (χ2v) is 6.86. The second-order valence-electron chi connectivity index (χ2n) is 5.14. The number of hydrogen-bond acceptors (Lipinski definition) is 4. The van der Waals surface area contributed by atoms with E-state index >= 15 is 0 Å². The van der Waals surface area contributed by atoms with Crippen LogP contribution >= 0.6 is 0 Å². The Kier molecular flexibility index (Phi) is 3.79. The van der Waals surface area contributed by atoms with Crippen LogP contribution in [0.2, 0.25) is 0 Å². The van der Waals surface area contributed by atoms with E-state index in [1.54, 1.807) is 30.5 Å². The number of aromatic nitrogens is 2. The molecule has 0 amide bonds. The Hall–Kier alpha value is -1.70. The molecular formula is C14H18N4O2S. The van der Waals surface area contributed by atoms with Crippen molar-refractivity contribution in [1.29, 1.82) is 0 Å². The summed E-state index contributed by atoms with van der Waals surface area (Å²) >= 11 is 0. The summed E-state index contributed by atoms with van der Waals surface area (Å²) in [6.07, 6.45) is 6.08. The van der Waals surface area contributed by atoms with Gasteiger partial charge in [-0.15, -0.1) is 0 Å². The first-order chi connectivity index (χ1) is 10.1. The van der Waals surface area contributed by atoms with Crippen molar-refractivity contribution >= 4 is 10.0 Å². The first-order valence-corrected chi connectivity index (χ1v) is 8.43.